The van der Waals surface area contributed by atoms with Crippen LogP contribution in [0.2, 0.25) is 0 Å². The number of ether oxygens (including phenoxy) is 4. The summed E-state index contributed by atoms with van der Waals surface area (Å²) in [5, 5.41) is 0. The maximum atomic E-state index is 5.34. The molecule has 0 aliphatic carbocycles. The molecule has 0 spiro atoms. The molecular weight excluding hydrogens is 196 g/mol. The monoisotopic (exact) mass is 214 g/mol. The molecule has 0 aromatic carbocycles. The highest BCUT2D eigenvalue weighted by atomic mass is 16.5. The molecule has 0 bridgehead atoms. The van der Waals surface area contributed by atoms with Crippen molar-refractivity contribution in [2.75, 3.05) is 47.8 Å². The van der Waals surface area contributed by atoms with Gasteiger partial charge in [0, 0.05) is 26.9 Å². The lowest BCUT2D eigenvalue weighted by molar-refractivity contribution is 0.172. The Labute approximate surface area is 90.5 Å². The Hall–Kier alpha value is -0.840. The van der Waals surface area contributed by atoms with E-state index >= 15 is 0 Å². The van der Waals surface area contributed by atoms with Gasteiger partial charge in [0.1, 0.15) is 6.61 Å². The van der Waals surface area contributed by atoms with Crippen LogP contribution in [0.25, 0.3) is 0 Å². The molecule has 0 radical (unpaired) electrons. The van der Waals surface area contributed by atoms with Crippen LogP contribution in [-0.2, 0) is 18.9 Å². The van der Waals surface area contributed by atoms with Crippen molar-refractivity contribution >= 4 is 0 Å². The third kappa shape index (κ3) is 3.34. The fourth-order valence-corrected chi connectivity index (χ4v) is 1.55. The van der Waals surface area contributed by atoms with Crippen molar-refractivity contribution < 1.29 is 18.9 Å². The molecule has 0 aromatic rings. The van der Waals surface area contributed by atoms with E-state index in [9.17, 15) is 0 Å². The number of rotatable bonds is 6. The molecule has 0 unspecified atom stereocenters. The predicted octanol–water partition coefficient (Wildman–Crippen LogP) is 1.14. The molecule has 4 nitrogen and oxygen atoms in total. The Kier molecular flexibility index (Phi) is 5.39. The summed E-state index contributed by atoms with van der Waals surface area (Å²) in [5.74, 6) is 0. The fourth-order valence-electron chi connectivity index (χ4n) is 1.55. The van der Waals surface area contributed by atoms with Crippen LogP contribution >= 0.6 is 0 Å². The van der Waals surface area contributed by atoms with E-state index in [1.165, 1.54) is 0 Å². The second kappa shape index (κ2) is 6.61. The largest absolute Gasteiger partial charge is 0.496 e. The van der Waals surface area contributed by atoms with Crippen molar-refractivity contribution in [1.29, 1.82) is 0 Å². The molecule has 0 N–H and O–H groups in total. The van der Waals surface area contributed by atoms with Crippen molar-refractivity contribution in [2.24, 2.45) is 0 Å². The van der Waals surface area contributed by atoms with Gasteiger partial charge in [0.15, 0.2) is 0 Å². The first-order valence-electron chi connectivity index (χ1n) is 4.82. The standard InChI is InChI=1S/C11H18O4/c1-12-4-9-6-15-7-10(5-13-2)11(9)8-14-3/h6H,4-5,7-8H2,1-3H3. The van der Waals surface area contributed by atoms with Gasteiger partial charge in [0.2, 0.25) is 0 Å². The molecule has 4 heteroatoms. The minimum Gasteiger partial charge on any atom is -0.496 e. The molecule has 1 rings (SSSR count). The summed E-state index contributed by atoms with van der Waals surface area (Å²) in [5.41, 5.74) is 3.28. The summed E-state index contributed by atoms with van der Waals surface area (Å²) in [4.78, 5) is 0. The SMILES string of the molecule is COCC1=COCC(COC)=C1COC. The lowest BCUT2D eigenvalue weighted by atomic mass is 10.0. The first-order valence-corrected chi connectivity index (χ1v) is 4.82. The van der Waals surface area contributed by atoms with Crippen LogP contribution in [0.5, 0.6) is 0 Å². The van der Waals surface area contributed by atoms with Crippen molar-refractivity contribution in [3.63, 3.8) is 0 Å². The second-order valence-corrected chi connectivity index (χ2v) is 3.34. The smallest absolute Gasteiger partial charge is 0.111 e. The lowest BCUT2D eigenvalue weighted by Gasteiger charge is -2.21. The zero-order valence-electron chi connectivity index (χ0n) is 9.54. The van der Waals surface area contributed by atoms with Crippen LogP contribution in [0.15, 0.2) is 23.0 Å². The number of methoxy groups -OCH3 is 3. The van der Waals surface area contributed by atoms with Crippen LogP contribution in [0.3, 0.4) is 0 Å². The van der Waals surface area contributed by atoms with E-state index in [0.29, 0.717) is 26.4 Å². The van der Waals surface area contributed by atoms with E-state index < -0.39 is 0 Å². The normalized spacial score (nSPS) is 16.3. The fraction of sp³-hybridized carbons (Fsp3) is 0.636. The van der Waals surface area contributed by atoms with Crippen molar-refractivity contribution in [3.8, 4) is 0 Å². The second-order valence-electron chi connectivity index (χ2n) is 3.34. The molecule has 0 fully saturated rings. The quantitative estimate of drug-likeness (QED) is 0.664. The van der Waals surface area contributed by atoms with E-state index in [1.54, 1.807) is 27.6 Å². The number of hydrogen-bond donors (Lipinski definition) is 0. The summed E-state index contributed by atoms with van der Waals surface area (Å²) in [6.07, 6.45) is 1.73. The molecule has 0 atom stereocenters. The molecule has 15 heavy (non-hydrogen) atoms. The third-order valence-electron chi connectivity index (χ3n) is 2.20. The Bertz CT molecular complexity index is 255. The van der Waals surface area contributed by atoms with Crippen LogP contribution in [0.4, 0.5) is 0 Å². The van der Waals surface area contributed by atoms with Crippen molar-refractivity contribution in [1.82, 2.24) is 0 Å². The van der Waals surface area contributed by atoms with Gasteiger partial charge in [0.05, 0.1) is 26.1 Å². The van der Waals surface area contributed by atoms with E-state index in [2.05, 4.69) is 0 Å². The highest BCUT2D eigenvalue weighted by molar-refractivity contribution is 5.38. The van der Waals surface area contributed by atoms with Crippen LogP contribution < -0.4 is 0 Å². The van der Waals surface area contributed by atoms with Crippen LogP contribution in [0, 0.1) is 0 Å². The molecule has 0 saturated carbocycles. The Morgan fingerprint density at radius 1 is 1.07 bits per heavy atom. The topological polar surface area (TPSA) is 36.9 Å². The van der Waals surface area contributed by atoms with Gasteiger partial charge in [-0.05, 0) is 11.1 Å². The van der Waals surface area contributed by atoms with Crippen LogP contribution in [0.1, 0.15) is 0 Å². The van der Waals surface area contributed by atoms with Gasteiger partial charge < -0.3 is 18.9 Å². The first kappa shape index (κ1) is 12.2. The predicted molar refractivity (Wildman–Crippen MR) is 56.7 cm³/mol. The average molecular weight is 214 g/mol. The number of hydrogen-bond acceptors (Lipinski definition) is 4. The van der Waals surface area contributed by atoms with Gasteiger partial charge >= 0.3 is 0 Å². The van der Waals surface area contributed by atoms with Crippen molar-refractivity contribution in [3.05, 3.63) is 23.0 Å². The molecular formula is C11H18O4. The maximum absolute atomic E-state index is 5.34. The van der Waals surface area contributed by atoms with Gasteiger partial charge in [-0.15, -0.1) is 0 Å². The molecule has 1 heterocycles. The van der Waals surface area contributed by atoms with Gasteiger partial charge in [0.25, 0.3) is 0 Å². The van der Waals surface area contributed by atoms with E-state index in [1.807, 2.05) is 0 Å². The lowest BCUT2D eigenvalue weighted by Crippen LogP contribution is -2.17. The minimum atomic E-state index is 0.534. The van der Waals surface area contributed by atoms with Gasteiger partial charge in [-0.2, -0.15) is 0 Å². The highest BCUT2D eigenvalue weighted by Gasteiger charge is 2.16. The zero-order valence-corrected chi connectivity index (χ0v) is 9.54. The Morgan fingerprint density at radius 2 is 1.73 bits per heavy atom. The zero-order chi connectivity index (χ0) is 11.1. The van der Waals surface area contributed by atoms with Crippen molar-refractivity contribution in [2.45, 2.75) is 0 Å². The molecule has 1 aliphatic heterocycles. The maximum Gasteiger partial charge on any atom is 0.111 e. The summed E-state index contributed by atoms with van der Waals surface area (Å²) in [7, 11) is 5.01. The van der Waals surface area contributed by atoms with E-state index in [-0.39, 0.29) is 0 Å². The van der Waals surface area contributed by atoms with E-state index in [4.69, 9.17) is 18.9 Å². The molecule has 86 valence electrons. The Balaban J connectivity index is 2.81. The summed E-state index contributed by atoms with van der Waals surface area (Å²) >= 11 is 0. The van der Waals surface area contributed by atoms with Gasteiger partial charge in [-0.3, -0.25) is 0 Å². The van der Waals surface area contributed by atoms with Crippen LogP contribution in [-0.4, -0.2) is 47.8 Å². The Morgan fingerprint density at radius 3 is 2.33 bits per heavy atom. The minimum absolute atomic E-state index is 0.534. The molecule has 0 saturated heterocycles. The van der Waals surface area contributed by atoms with E-state index in [0.717, 1.165) is 16.7 Å². The summed E-state index contributed by atoms with van der Waals surface area (Å²) in [6.45, 7) is 2.24. The molecule has 0 amide bonds. The van der Waals surface area contributed by atoms with Gasteiger partial charge in [-0.25, -0.2) is 0 Å². The average Bonchev–Trinajstić information content (AvgIpc) is 2.23. The third-order valence-corrected chi connectivity index (χ3v) is 2.20. The highest BCUT2D eigenvalue weighted by Crippen LogP contribution is 2.21. The van der Waals surface area contributed by atoms with Gasteiger partial charge in [-0.1, -0.05) is 0 Å². The first-order chi connectivity index (χ1) is 7.33. The summed E-state index contributed by atoms with van der Waals surface area (Å²) < 4.78 is 20.7. The molecule has 1 aliphatic rings. The summed E-state index contributed by atoms with van der Waals surface area (Å²) in [6, 6.07) is 0. The molecule has 0 aromatic heterocycles.